The van der Waals surface area contributed by atoms with Crippen LogP contribution in [0.25, 0.3) is 88.4 Å². The second-order valence-corrected chi connectivity index (χ2v) is 13.5. The van der Waals surface area contributed by atoms with Gasteiger partial charge in [0.25, 0.3) is 0 Å². The van der Waals surface area contributed by atoms with E-state index in [1.807, 2.05) is 42.5 Å². The summed E-state index contributed by atoms with van der Waals surface area (Å²) in [5.74, 6) is 0. The monoisotopic (exact) mass is 686 g/mol. The van der Waals surface area contributed by atoms with Crippen LogP contribution in [0.2, 0.25) is 0 Å². The number of aromatic nitrogens is 2. The number of rotatable bonds is 5. The zero-order valence-corrected chi connectivity index (χ0v) is 29.1. The largest absolute Gasteiger partial charge is 0.309 e. The summed E-state index contributed by atoms with van der Waals surface area (Å²) in [7, 11) is 0. The lowest BCUT2D eigenvalue weighted by Gasteiger charge is -2.21. The molecule has 0 fully saturated rings. The molecule has 10 aromatic rings. The number of benzene rings is 8. The molecule has 4 heteroatoms. The summed E-state index contributed by atoms with van der Waals surface area (Å²) >= 11 is 0. The summed E-state index contributed by atoms with van der Waals surface area (Å²) in [6, 6.07) is 67.8. The number of para-hydroxylation sites is 3. The molecule has 2 heterocycles. The third-order valence-corrected chi connectivity index (χ3v) is 10.6. The first kappa shape index (κ1) is 31.1. The second kappa shape index (κ2) is 12.5. The number of hydrogen-bond donors (Lipinski definition) is 0. The first-order valence-corrected chi connectivity index (χ1v) is 18.0. The van der Waals surface area contributed by atoms with E-state index in [1.165, 1.54) is 21.5 Å². The molecule has 8 aromatic carbocycles. The van der Waals surface area contributed by atoms with Crippen molar-refractivity contribution in [3.63, 3.8) is 0 Å². The van der Waals surface area contributed by atoms with E-state index < -0.39 is 0 Å². The van der Waals surface area contributed by atoms with Crippen molar-refractivity contribution >= 4 is 43.6 Å². The van der Waals surface area contributed by atoms with E-state index in [1.54, 1.807) is 12.1 Å². The standard InChI is InChI=1S/C50H30N4/c51-31-33-24-25-36(32-52)42(28-33)48-43(34-14-4-1-5-15-34)29-38(30-44(48)35-16-6-2-7-17-35)54-45-22-12-10-20-39(45)40-26-27-47-49(50(40)54)41-21-11-13-23-46(41)53(47)37-18-8-3-9-19-37/h1-30H. The lowest BCUT2D eigenvalue weighted by atomic mass is 9.84. The maximum Gasteiger partial charge on any atom is 0.0998 e. The second-order valence-electron chi connectivity index (χ2n) is 13.5. The van der Waals surface area contributed by atoms with Crippen molar-refractivity contribution in [3.8, 4) is 56.9 Å². The van der Waals surface area contributed by atoms with Crippen molar-refractivity contribution in [2.45, 2.75) is 0 Å². The van der Waals surface area contributed by atoms with Gasteiger partial charge in [-0.3, -0.25) is 0 Å². The van der Waals surface area contributed by atoms with Gasteiger partial charge >= 0.3 is 0 Å². The Kier molecular flexibility index (Phi) is 7.22. The predicted octanol–water partition coefficient (Wildman–Crippen LogP) is 12.6. The molecule has 0 saturated heterocycles. The zero-order chi connectivity index (χ0) is 36.2. The third-order valence-electron chi connectivity index (χ3n) is 10.6. The van der Waals surface area contributed by atoms with Crippen molar-refractivity contribution in [2.75, 3.05) is 0 Å². The average molecular weight is 687 g/mol. The Morgan fingerprint density at radius 3 is 1.59 bits per heavy atom. The topological polar surface area (TPSA) is 57.4 Å². The first-order chi connectivity index (χ1) is 26.7. The fraction of sp³-hybridized carbons (Fsp3) is 0. The molecule has 54 heavy (non-hydrogen) atoms. The summed E-state index contributed by atoms with van der Waals surface area (Å²) in [6.07, 6.45) is 0. The molecule has 250 valence electrons. The van der Waals surface area contributed by atoms with Crippen molar-refractivity contribution in [2.24, 2.45) is 0 Å². The van der Waals surface area contributed by atoms with Gasteiger partial charge in [0, 0.05) is 38.5 Å². The molecule has 10 rings (SSSR count). The van der Waals surface area contributed by atoms with Crippen LogP contribution in [0, 0.1) is 22.7 Å². The Morgan fingerprint density at radius 1 is 0.389 bits per heavy atom. The van der Waals surface area contributed by atoms with Gasteiger partial charge in [-0.15, -0.1) is 0 Å². The molecule has 0 saturated carbocycles. The molecule has 0 atom stereocenters. The third kappa shape index (κ3) is 4.76. The van der Waals surface area contributed by atoms with Crippen LogP contribution in [-0.4, -0.2) is 9.13 Å². The maximum atomic E-state index is 10.4. The average Bonchev–Trinajstić information content (AvgIpc) is 3.77. The Labute approximate surface area is 312 Å². The molecular weight excluding hydrogens is 657 g/mol. The van der Waals surface area contributed by atoms with Crippen LogP contribution >= 0.6 is 0 Å². The van der Waals surface area contributed by atoms with E-state index >= 15 is 0 Å². The highest BCUT2D eigenvalue weighted by Gasteiger charge is 2.24. The maximum absolute atomic E-state index is 10.4. The highest BCUT2D eigenvalue weighted by atomic mass is 15.0. The van der Waals surface area contributed by atoms with E-state index in [2.05, 4.69) is 149 Å². The molecule has 0 aliphatic heterocycles. The van der Waals surface area contributed by atoms with Crippen LogP contribution in [0.1, 0.15) is 11.1 Å². The molecule has 2 aromatic heterocycles. The summed E-state index contributed by atoms with van der Waals surface area (Å²) in [6.45, 7) is 0. The van der Waals surface area contributed by atoms with Crippen molar-refractivity contribution in [1.29, 1.82) is 10.5 Å². The summed E-state index contributed by atoms with van der Waals surface area (Å²) in [5, 5.41) is 25.2. The van der Waals surface area contributed by atoms with Crippen LogP contribution in [0.4, 0.5) is 0 Å². The van der Waals surface area contributed by atoms with E-state index in [9.17, 15) is 10.5 Å². The van der Waals surface area contributed by atoms with Crippen molar-refractivity contribution < 1.29 is 0 Å². The highest BCUT2D eigenvalue weighted by Crippen LogP contribution is 2.46. The van der Waals surface area contributed by atoms with Gasteiger partial charge in [0.2, 0.25) is 0 Å². The van der Waals surface area contributed by atoms with Gasteiger partial charge in [0.15, 0.2) is 0 Å². The Balaban J connectivity index is 1.41. The Morgan fingerprint density at radius 2 is 0.963 bits per heavy atom. The van der Waals surface area contributed by atoms with Gasteiger partial charge in [-0.25, -0.2) is 0 Å². The Hall–Kier alpha value is -7.66. The summed E-state index contributed by atoms with van der Waals surface area (Å²) in [5.41, 5.74) is 13.3. The minimum Gasteiger partial charge on any atom is -0.309 e. The van der Waals surface area contributed by atoms with Crippen LogP contribution in [0.15, 0.2) is 182 Å². The lowest BCUT2D eigenvalue weighted by molar-refractivity contribution is 1.17. The lowest BCUT2D eigenvalue weighted by Crippen LogP contribution is -2.00. The van der Waals surface area contributed by atoms with E-state index in [4.69, 9.17) is 0 Å². The van der Waals surface area contributed by atoms with Gasteiger partial charge in [0.05, 0.1) is 45.3 Å². The fourth-order valence-electron chi connectivity index (χ4n) is 8.29. The number of nitriles is 2. The van der Waals surface area contributed by atoms with Gasteiger partial charge < -0.3 is 9.13 Å². The smallest absolute Gasteiger partial charge is 0.0998 e. The summed E-state index contributed by atoms with van der Waals surface area (Å²) < 4.78 is 4.79. The van der Waals surface area contributed by atoms with E-state index in [0.29, 0.717) is 11.1 Å². The van der Waals surface area contributed by atoms with Crippen LogP contribution in [0.3, 0.4) is 0 Å². The normalized spacial score (nSPS) is 11.3. The molecule has 0 spiro atoms. The number of hydrogen-bond acceptors (Lipinski definition) is 2. The summed E-state index contributed by atoms with van der Waals surface area (Å²) in [4.78, 5) is 0. The molecule has 0 bridgehead atoms. The van der Waals surface area contributed by atoms with Gasteiger partial charge in [-0.2, -0.15) is 10.5 Å². The highest BCUT2D eigenvalue weighted by molar-refractivity contribution is 6.26. The molecular formula is C50H30N4. The van der Waals surface area contributed by atoms with Crippen LogP contribution in [0.5, 0.6) is 0 Å². The van der Waals surface area contributed by atoms with Gasteiger partial charge in [-0.05, 0) is 88.5 Å². The minimum atomic E-state index is 0.505. The molecule has 4 nitrogen and oxygen atoms in total. The SMILES string of the molecule is N#Cc1ccc(C#N)c(-c2c(-c3ccccc3)cc(-n3c4ccccc4c4ccc5c(c6ccccc6n5-c5ccccc5)c43)cc2-c2ccccc2)c1. The fourth-order valence-corrected chi connectivity index (χ4v) is 8.29. The molecule has 0 aliphatic carbocycles. The van der Waals surface area contributed by atoms with Gasteiger partial charge in [-0.1, -0.05) is 121 Å². The Bertz CT molecular complexity index is 3100. The zero-order valence-electron chi connectivity index (χ0n) is 29.1. The van der Waals surface area contributed by atoms with E-state index in [-0.39, 0.29) is 0 Å². The number of fused-ring (bicyclic) bond motifs is 7. The predicted molar refractivity (Wildman–Crippen MR) is 221 cm³/mol. The minimum absolute atomic E-state index is 0.505. The molecule has 0 unspecified atom stereocenters. The van der Waals surface area contributed by atoms with Gasteiger partial charge in [0.1, 0.15) is 0 Å². The van der Waals surface area contributed by atoms with Crippen molar-refractivity contribution in [1.82, 2.24) is 9.13 Å². The van der Waals surface area contributed by atoms with E-state index in [0.717, 1.165) is 66.8 Å². The van der Waals surface area contributed by atoms with Crippen molar-refractivity contribution in [3.05, 3.63) is 193 Å². The number of nitrogens with zero attached hydrogens (tertiary/aromatic N) is 4. The molecule has 0 N–H and O–H groups in total. The quantitative estimate of drug-likeness (QED) is 0.181. The first-order valence-electron chi connectivity index (χ1n) is 18.0. The van der Waals surface area contributed by atoms with Crippen LogP contribution in [-0.2, 0) is 0 Å². The van der Waals surface area contributed by atoms with Crippen LogP contribution < -0.4 is 0 Å². The molecule has 0 amide bonds. The molecule has 0 aliphatic rings. The molecule has 0 radical (unpaired) electrons.